The van der Waals surface area contributed by atoms with Gasteiger partial charge in [0.1, 0.15) is 5.60 Å². The van der Waals surface area contributed by atoms with Crippen molar-refractivity contribution < 1.29 is 5.11 Å². The highest BCUT2D eigenvalue weighted by Crippen LogP contribution is 2.36. The fourth-order valence-electron chi connectivity index (χ4n) is 1.93. The molecule has 0 radical (unpaired) electrons. The largest absolute Gasteiger partial charge is 0.383 e. The monoisotopic (exact) mass is 192 g/mol. The first kappa shape index (κ1) is 9.49. The molecule has 1 aliphatic heterocycles. The first-order chi connectivity index (χ1) is 6.76. The average molecular weight is 192 g/mol. The van der Waals surface area contributed by atoms with E-state index in [9.17, 15) is 5.11 Å². The third kappa shape index (κ3) is 1.49. The summed E-state index contributed by atoms with van der Waals surface area (Å²) in [5.74, 6) is 0. The Balaban J connectivity index is 2.23. The lowest BCUT2D eigenvalue weighted by molar-refractivity contribution is 0.0494. The highest BCUT2D eigenvalue weighted by Gasteiger charge is 2.35. The van der Waals surface area contributed by atoms with Gasteiger partial charge in [-0.2, -0.15) is 0 Å². The van der Waals surface area contributed by atoms with Crippen molar-refractivity contribution in [3.8, 4) is 0 Å². The minimum atomic E-state index is -0.695. The number of para-hydroxylation sites is 1. The van der Waals surface area contributed by atoms with Crippen molar-refractivity contribution in [1.82, 2.24) is 5.32 Å². The Morgan fingerprint density at radius 2 is 2.29 bits per heavy atom. The van der Waals surface area contributed by atoms with E-state index in [-0.39, 0.29) is 0 Å². The van der Waals surface area contributed by atoms with Crippen LogP contribution in [0.25, 0.3) is 0 Å². The first-order valence-electron chi connectivity index (χ1n) is 4.97. The summed E-state index contributed by atoms with van der Waals surface area (Å²) < 4.78 is 0. The third-order valence-electron chi connectivity index (χ3n) is 2.79. The molecule has 3 heteroatoms. The number of hydrogen-bond acceptors (Lipinski definition) is 3. The number of fused-ring (bicyclic) bond motifs is 1. The van der Waals surface area contributed by atoms with Gasteiger partial charge in [0.2, 0.25) is 0 Å². The van der Waals surface area contributed by atoms with Gasteiger partial charge in [0, 0.05) is 17.8 Å². The fourth-order valence-corrected chi connectivity index (χ4v) is 1.93. The Labute approximate surface area is 84.1 Å². The van der Waals surface area contributed by atoms with Crippen LogP contribution < -0.4 is 10.6 Å². The van der Waals surface area contributed by atoms with Crippen molar-refractivity contribution in [2.24, 2.45) is 0 Å². The molecular weight excluding hydrogens is 176 g/mol. The molecule has 3 nitrogen and oxygen atoms in total. The number of nitrogens with one attached hydrogen (secondary N) is 2. The highest BCUT2D eigenvalue weighted by atomic mass is 16.3. The normalized spacial score (nSPS) is 24.4. The van der Waals surface area contributed by atoms with Crippen molar-refractivity contribution in [3.63, 3.8) is 0 Å². The van der Waals surface area contributed by atoms with Crippen molar-refractivity contribution in [2.75, 3.05) is 25.5 Å². The molecule has 1 aromatic rings. The second kappa shape index (κ2) is 3.59. The molecule has 0 spiro atoms. The van der Waals surface area contributed by atoms with Crippen LogP contribution in [-0.2, 0) is 5.60 Å². The van der Waals surface area contributed by atoms with Crippen LogP contribution in [0.2, 0.25) is 0 Å². The number of β-amino-alcohol motifs (C(OH)–C–C–N with tert-alkyl or cyclic N) is 1. The van der Waals surface area contributed by atoms with Gasteiger partial charge in [-0.25, -0.2) is 0 Å². The number of anilines is 1. The van der Waals surface area contributed by atoms with Gasteiger partial charge in [-0.15, -0.1) is 0 Å². The van der Waals surface area contributed by atoms with E-state index in [1.807, 2.05) is 31.3 Å². The van der Waals surface area contributed by atoms with E-state index in [4.69, 9.17) is 0 Å². The second-order valence-electron chi connectivity index (χ2n) is 3.78. The van der Waals surface area contributed by atoms with Gasteiger partial charge in [0.25, 0.3) is 0 Å². The zero-order valence-electron chi connectivity index (χ0n) is 8.38. The first-order valence-corrected chi connectivity index (χ1v) is 4.97. The average Bonchev–Trinajstić information content (AvgIpc) is 2.55. The summed E-state index contributed by atoms with van der Waals surface area (Å²) in [6.07, 6.45) is 0.744. The standard InChI is InChI=1S/C11H16N2O/c1-12-7-6-11(14)8-13-10-5-3-2-4-9(10)11/h2-5,12-14H,6-8H2,1H3. The topological polar surface area (TPSA) is 44.3 Å². The van der Waals surface area contributed by atoms with E-state index in [0.717, 1.165) is 24.2 Å². The molecule has 0 aliphatic carbocycles. The van der Waals surface area contributed by atoms with Crippen molar-refractivity contribution in [1.29, 1.82) is 0 Å². The maximum Gasteiger partial charge on any atom is 0.110 e. The van der Waals surface area contributed by atoms with Gasteiger partial charge in [0.05, 0.1) is 0 Å². The molecule has 1 aliphatic rings. The quantitative estimate of drug-likeness (QED) is 0.667. The Morgan fingerprint density at radius 1 is 1.50 bits per heavy atom. The van der Waals surface area contributed by atoms with Crippen LogP contribution in [0.3, 0.4) is 0 Å². The summed E-state index contributed by atoms with van der Waals surface area (Å²) in [6, 6.07) is 7.95. The van der Waals surface area contributed by atoms with Gasteiger partial charge < -0.3 is 15.7 Å². The smallest absolute Gasteiger partial charge is 0.110 e. The molecule has 0 saturated carbocycles. The summed E-state index contributed by atoms with van der Waals surface area (Å²) in [7, 11) is 1.90. The van der Waals surface area contributed by atoms with Gasteiger partial charge >= 0.3 is 0 Å². The van der Waals surface area contributed by atoms with Crippen LogP contribution in [0, 0.1) is 0 Å². The predicted octanol–water partition coefficient (Wildman–Crippen LogP) is 0.909. The lowest BCUT2D eigenvalue weighted by atomic mass is 9.93. The van der Waals surface area contributed by atoms with E-state index in [2.05, 4.69) is 10.6 Å². The Bertz CT molecular complexity index is 327. The summed E-state index contributed by atoms with van der Waals surface area (Å²) >= 11 is 0. The maximum absolute atomic E-state index is 10.4. The molecule has 14 heavy (non-hydrogen) atoms. The highest BCUT2D eigenvalue weighted by molar-refractivity contribution is 5.58. The predicted molar refractivity (Wildman–Crippen MR) is 57.4 cm³/mol. The fraction of sp³-hybridized carbons (Fsp3) is 0.455. The lowest BCUT2D eigenvalue weighted by Gasteiger charge is -2.22. The van der Waals surface area contributed by atoms with Gasteiger partial charge in [-0.3, -0.25) is 0 Å². The molecule has 1 heterocycles. The van der Waals surface area contributed by atoms with Gasteiger partial charge in [-0.05, 0) is 26.1 Å². The summed E-state index contributed by atoms with van der Waals surface area (Å²) in [5, 5.41) is 16.7. The molecule has 1 unspecified atom stereocenters. The summed E-state index contributed by atoms with van der Waals surface area (Å²) in [5.41, 5.74) is 1.39. The molecule has 0 bridgehead atoms. The minimum absolute atomic E-state index is 0.619. The van der Waals surface area contributed by atoms with E-state index in [1.54, 1.807) is 0 Å². The Morgan fingerprint density at radius 3 is 3.07 bits per heavy atom. The molecule has 0 saturated heterocycles. The molecular formula is C11H16N2O. The Kier molecular flexibility index (Phi) is 2.44. The zero-order valence-corrected chi connectivity index (χ0v) is 8.38. The van der Waals surface area contributed by atoms with Crippen LogP contribution in [0.15, 0.2) is 24.3 Å². The Hall–Kier alpha value is -1.06. The third-order valence-corrected chi connectivity index (χ3v) is 2.79. The molecule has 76 valence electrons. The molecule has 0 amide bonds. The number of aliphatic hydroxyl groups is 1. The van der Waals surface area contributed by atoms with Gasteiger partial charge in [-0.1, -0.05) is 18.2 Å². The molecule has 0 fully saturated rings. The van der Waals surface area contributed by atoms with E-state index in [0.29, 0.717) is 6.54 Å². The summed E-state index contributed by atoms with van der Waals surface area (Å²) in [4.78, 5) is 0. The molecule has 2 rings (SSSR count). The van der Waals surface area contributed by atoms with Gasteiger partial charge in [0.15, 0.2) is 0 Å². The number of hydrogen-bond donors (Lipinski definition) is 3. The minimum Gasteiger partial charge on any atom is -0.383 e. The van der Waals surface area contributed by atoms with Crippen LogP contribution in [0.5, 0.6) is 0 Å². The van der Waals surface area contributed by atoms with Crippen molar-refractivity contribution in [3.05, 3.63) is 29.8 Å². The van der Waals surface area contributed by atoms with Crippen molar-refractivity contribution >= 4 is 5.69 Å². The van der Waals surface area contributed by atoms with Crippen LogP contribution in [0.1, 0.15) is 12.0 Å². The van der Waals surface area contributed by atoms with E-state index < -0.39 is 5.60 Å². The van der Waals surface area contributed by atoms with E-state index in [1.165, 1.54) is 0 Å². The van der Waals surface area contributed by atoms with Crippen LogP contribution in [0.4, 0.5) is 5.69 Å². The van der Waals surface area contributed by atoms with E-state index >= 15 is 0 Å². The zero-order chi connectivity index (χ0) is 10.0. The number of rotatable bonds is 3. The molecule has 1 aromatic carbocycles. The molecule has 1 atom stereocenters. The maximum atomic E-state index is 10.4. The molecule has 3 N–H and O–H groups in total. The molecule has 0 aromatic heterocycles. The second-order valence-corrected chi connectivity index (χ2v) is 3.78. The van der Waals surface area contributed by atoms with Crippen molar-refractivity contribution in [2.45, 2.75) is 12.0 Å². The summed E-state index contributed by atoms with van der Waals surface area (Å²) in [6.45, 7) is 1.44. The van der Waals surface area contributed by atoms with Crippen LogP contribution >= 0.6 is 0 Å². The lowest BCUT2D eigenvalue weighted by Crippen LogP contribution is -2.31. The number of benzene rings is 1. The SMILES string of the molecule is CNCCC1(O)CNc2ccccc21. The van der Waals surface area contributed by atoms with Crippen LogP contribution in [-0.4, -0.2) is 25.2 Å².